The second kappa shape index (κ2) is 8.80. The number of piperazine rings is 1. The lowest BCUT2D eigenvalue weighted by Crippen LogP contribution is -2.55. The topological polar surface area (TPSA) is 61.6 Å². The summed E-state index contributed by atoms with van der Waals surface area (Å²) in [6.45, 7) is 10.9. The Kier molecular flexibility index (Phi) is 6.19. The molecule has 0 unspecified atom stereocenters. The number of fused-ring (bicyclic) bond motifs is 1. The Balaban J connectivity index is 1.24. The Bertz CT molecular complexity index is 664. The first-order valence-electron chi connectivity index (χ1n) is 11.3. The van der Waals surface area contributed by atoms with Crippen LogP contribution in [0.15, 0.2) is 4.99 Å². The molecular weight excluding hydrogens is 350 g/mol. The molecule has 3 aliphatic rings. The molecular formula is C21H37N7. The highest BCUT2D eigenvalue weighted by Gasteiger charge is 2.30. The maximum atomic E-state index is 4.53. The number of hydrogen-bond donors (Lipinski definition) is 1. The quantitative estimate of drug-likeness (QED) is 0.633. The molecule has 1 saturated carbocycles. The summed E-state index contributed by atoms with van der Waals surface area (Å²) in [4.78, 5) is 9.66. The van der Waals surface area contributed by atoms with Gasteiger partial charge in [0.05, 0.1) is 6.54 Å². The summed E-state index contributed by atoms with van der Waals surface area (Å²) in [7, 11) is 1.89. The molecule has 2 aliphatic heterocycles. The minimum Gasteiger partial charge on any atom is -0.349 e. The smallest absolute Gasteiger partial charge is 0.194 e. The molecule has 1 saturated heterocycles. The van der Waals surface area contributed by atoms with E-state index in [-0.39, 0.29) is 0 Å². The van der Waals surface area contributed by atoms with Crippen molar-refractivity contribution >= 4 is 5.96 Å². The third-order valence-electron chi connectivity index (χ3n) is 7.12. The Morgan fingerprint density at radius 1 is 1.07 bits per heavy atom. The van der Waals surface area contributed by atoms with Crippen molar-refractivity contribution in [1.82, 2.24) is 29.9 Å². The number of rotatable bonds is 4. The van der Waals surface area contributed by atoms with Gasteiger partial charge in [0.25, 0.3) is 0 Å². The van der Waals surface area contributed by atoms with Crippen LogP contribution in [0.2, 0.25) is 0 Å². The SMILES string of the molecule is CN=C(NCc1nnc2n1CCC2)N1CCN(C2CCC(C(C)C)CC2)CC1. The summed E-state index contributed by atoms with van der Waals surface area (Å²) < 4.78 is 2.26. The zero-order chi connectivity index (χ0) is 19.5. The minimum absolute atomic E-state index is 0.707. The van der Waals surface area contributed by atoms with E-state index in [1.54, 1.807) is 0 Å². The zero-order valence-corrected chi connectivity index (χ0v) is 17.9. The van der Waals surface area contributed by atoms with Crippen molar-refractivity contribution < 1.29 is 0 Å². The fourth-order valence-electron chi connectivity index (χ4n) is 5.26. The van der Waals surface area contributed by atoms with Crippen molar-refractivity contribution in [3.8, 4) is 0 Å². The van der Waals surface area contributed by atoms with Crippen molar-refractivity contribution in [1.29, 1.82) is 0 Å². The molecule has 4 rings (SSSR count). The second-order valence-corrected chi connectivity index (χ2v) is 9.02. The standard InChI is InChI=1S/C21H37N7/c1-16(2)17-6-8-18(9-7-17)26-11-13-27(14-12-26)21(22-3)23-15-20-25-24-19-5-4-10-28(19)20/h16-18H,4-15H2,1-3H3,(H,22,23). The van der Waals surface area contributed by atoms with Gasteiger partial charge in [-0.25, -0.2) is 0 Å². The molecule has 0 bridgehead atoms. The molecule has 7 nitrogen and oxygen atoms in total. The maximum Gasteiger partial charge on any atom is 0.194 e. The monoisotopic (exact) mass is 387 g/mol. The van der Waals surface area contributed by atoms with E-state index < -0.39 is 0 Å². The van der Waals surface area contributed by atoms with Gasteiger partial charge >= 0.3 is 0 Å². The Labute approximate surface area is 169 Å². The average molecular weight is 388 g/mol. The number of guanidine groups is 1. The zero-order valence-electron chi connectivity index (χ0n) is 17.9. The predicted octanol–water partition coefficient (Wildman–Crippen LogP) is 2.13. The Hall–Kier alpha value is -1.63. The van der Waals surface area contributed by atoms with Crippen LogP contribution in [-0.4, -0.2) is 69.8 Å². The molecule has 0 atom stereocenters. The van der Waals surface area contributed by atoms with Gasteiger partial charge < -0.3 is 14.8 Å². The molecule has 0 amide bonds. The molecule has 0 aromatic carbocycles. The van der Waals surface area contributed by atoms with Crippen LogP contribution in [0.5, 0.6) is 0 Å². The van der Waals surface area contributed by atoms with Crippen LogP contribution in [-0.2, 0) is 19.5 Å². The molecule has 0 radical (unpaired) electrons. The highest BCUT2D eigenvalue weighted by Crippen LogP contribution is 2.32. The third-order valence-corrected chi connectivity index (χ3v) is 7.12. The van der Waals surface area contributed by atoms with Crippen LogP contribution in [0.4, 0.5) is 0 Å². The fourth-order valence-corrected chi connectivity index (χ4v) is 5.26. The van der Waals surface area contributed by atoms with Gasteiger partial charge in [-0.05, 0) is 43.9 Å². The number of hydrogen-bond acceptors (Lipinski definition) is 4. The van der Waals surface area contributed by atoms with Crippen LogP contribution in [0.25, 0.3) is 0 Å². The van der Waals surface area contributed by atoms with E-state index in [4.69, 9.17) is 0 Å². The van der Waals surface area contributed by atoms with Crippen LogP contribution < -0.4 is 5.32 Å². The van der Waals surface area contributed by atoms with E-state index in [0.717, 1.165) is 74.6 Å². The summed E-state index contributed by atoms with van der Waals surface area (Å²) in [5.74, 6) is 4.96. The largest absolute Gasteiger partial charge is 0.349 e. The Morgan fingerprint density at radius 3 is 2.50 bits per heavy atom. The summed E-state index contributed by atoms with van der Waals surface area (Å²) in [6, 6.07) is 0.797. The van der Waals surface area contributed by atoms with Gasteiger partial charge in [-0.3, -0.25) is 9.89 Å². The lowest BCUT2D eigenvalue weighted by Gasteiger charge is -2.43. The second-order valence-electron chi connectivity index (χ2n) is 9.02. The van der Waals surface area contributed by atoms with Crippen LogP contribution in [0.3, 0.4) is 0 Å². The molecule has 156 valence electrons. The van der Waals surface area contributed by atoms with E-state index in [1.807, 2.05) is 7.05 Å². The van der Waals surface area contributed by atoms with Gasteiger partial charge in [0.2, 0.25) is 0 Å². The van der Waals surface area contributed by atoms with Gasteiger partial charge in [0.1, 0.15) is 5.82 Å². The molecule has 1 aromatic heterocycles. The Morgan fingerprint density at radius 2 is 1.82 bits per heavy atom. The molecule has 3 heterocycles. The number of aromatic nitrogens is 3. The predicted molar refractivity (Wildman–Crippen MR) is 112 cm³/mol. The van der Waals surface area contributed by atoms with E-state index in [9.17, 15) is 0 Å². The first-order valence-corrected chi connectivity index (χ1v) is 11.3. The number of nitrogens with zero attached hydrogens (tertiary/aromatic N) is 6. The van der Waals surface area contributed by atoms with Crippen molar-refractivity contribution in [2.75, 3.05) is 33.2 Å². The van der Waals surface area contributed by atoms with Crippen molar-refractivity contribution in [2.45, 2.75) is 71.5 Å². The van der Waals surface area contributed by atoms with E-state index in [2.05, 4.69) is 48.7 Å². The molecule has 1 aliphatic carbocycles. The van der Waals surface area contributed by atoms with Crippen LogP contribution in [0.1, 0.15) is 57.6 Å². The van der Waals surface area contributed by atoms with Crippen molar-refractivity contribution in [3.63, 3.8) is 0 Å². The first kappa shape index (κ1) is 19.7. The third kappa shape index (κ3) is 4.19. The van der Waals surface area contributed by atoms with Crippen LogP contribution in [0, 0.1) is 11.8 Å². The first-order chi connectivity index (χ1) is 13.7. The number of aliphatic imine (C=N–C) groups is 1. The maximum absolute atomic E-state index is 4.53. The summed E-state index contributed by atoms with van der Waals surface area (Å²) in [6.07, 6.45) is 7.83. The summed E-state index contributed by atoms with van der Waals surface area (Å²) >= 11 is 0. The summed E-state index contributed by atoms with van der Waals surface area (Å²) in [5.41, 5.74) is 0. The normalized spacial score (nSPS) is 26.7. The highest BCUT2D eigenvalue weighted by atomic mass is 15.4. The van der Waals surface area contributed by atoms with E-state index in [0.29, 0.717) is 6.54 Å². The van der Waals surface area contributed by atoms with Crippen LogP contribution >= 0.6 is 0 Å². The van der Waals surface area contributed by atoms with Gasteiger partial charge in [-0.1, -0.05) is 13.8 Å². The molecule has 1 N–H and O–H groups in total. The molecule has 2 fully saturated rings. The van der Waals surface area contributed by atoms with Gasteiger partial charge in [0, 0.05) is 52.2 Å². The van der Waals surface area contributed by atoms with Gasteiger partial charge in [-0.2, -0.15) is 0 Å². The molecule has 28 heavy (non-hydrogen) atoms. The molecule has 0 spiro atoms. The molecule has 1 aromatic rings. The van der Waals surface area contributed by atoms with Crippen molar-refractivity contribution in [2.24, 2.45) is 16.8 Å². The number of aryl methyl sites for hydroxylation is 1. The summed E-state index contributed by atoms with van der Waals surface area (Å²) in [5, 5.41) is 12.2. The van der Waals surface area contributed by atoms with Gasteiger partial charge in [-0.15, -0.1) is 10.2 Å². The van der Waals surface area contributed by atoms with Crippen molar-refractivity contribution in [3.05, 3.63) is 11.6 Å². The van der Waals surface area contributed by atoms with E-state index in [1.165, 1.54) is 32.1 Å². The van der Waals surface area contributed by atoms with Gasteiger partial charge in [0.15, 0.2) is 11.8 Å². The number of nitrogens with one attached hydrogen (secondary N) is 1. The molecule has 7 heteroatoms. The lowest BCUT2D eigenvalue weighted by atomic mass is 9.79. The average Bonchev–Trinajstić information content (AvgIpc) is 3.34. The highest BCUT2D eigenvalue weighted by molar-refractivity contribution is 5.79. The fraction of sp³-hybridized carbons (Fsp3) is 0.857. The minimum atomic E-state index is 0.707. The van der Waals surface area contributed by atoms with E-state index >= 15 is 0 Å². The lowest BCUT2D eigenvalue weighted by molar-refractivity contribution is 0.0864.